The first kappa shape index (κ1) is 34.3. The number of hydrogen-bond donors (Lipinski definition) is 0. The standard InChI is InChI=1S/2C18H15N2O3.Zn/c2*1-22-16-10-9-15(20-16)17(14-4-3-11-19-14)12-5-7-13(8-6-12)18(21)23-2;/h2*3-11H,1-2H3;/q2*-1;+2. The van der Waals surface area contributed by atoms with Crippen molar-refractivity contribution in [1.29, 1.82) is 0 Å². The molecular formula is C36H30N4O6Zn. The van der Waals surface area contributed by atoms with Gasteiger partial charge in [-0.1, -0.05) is 48.5 Å². The van der Waals surface area contributed by atoms with Gasteiger partial charge < -0.3 is 28.9 Å². The Morgan fingerprint density at radius 1 is 0.532 bits per heavy atom. The zero-order chi connectivity index (χ0) is 32.5. The molecule has 0 N–H and O–H groups in total. The Hall–Kier alpha value is -5.54. The minimum absolute atomic E-state index is 0. The zero-order valence-corrected chi connectivity index (χ0v) is 29.3. The van der Waals surface area contributed by atoms with E-state index in [4.69, 9.17) is 18.9 Å². The number of esters is 2. The molecule has 0 aliphatic carbocycles. The fraction of sp³-hybridized carbons (Fsp3) is 0.111. The van der Waals surface area contributed by atoms with E-state index in [1.807, 2.05) is 60.7 Å². The number of methoxy groups -OCH3 is 4. The van der Waals surface area contributed by atoms with Gasteiger partial charge in [0.2, 0.25) is 11.8 Å². The first-order chi connectivity index (χ1) is 22.4. The fourth-order valence-corrected chi connectivity index (χ4v) is 4.73. The molecule has 10 nitrogen and oxygen atoms in total. The molecule has 47 heavy (non-hydrogen) atoms. The maximum absolute atomic E-state index is 11.6. The van der Waals surface area contributed by atoms with Crippen LogP contribution in [0, 0.1) is 0 Å². The van der Waals surface area contributed by atoms with E-state index < -0.39 is 0 Å². The van der Waals surface area contributed by atoms with E-state index in [-0.39, 0.29) is 31.4 Å². The summed E-state index contributed by atoms with van der Waals surface area (Å²) in [6, 6.07) is 21.9. The van der Waals surface area contributed by atoms with Gasteiger partial charge in [-0.05, 0) is 58.7 Å². The predicted octanol–water partition coefficient (Wildman–Crippen LogP) is 5.61. The molecule has 11 heteroatoms. The van der Waals surface area contributed by atoms with E-state index in [2.05, 4.69) is 20.0 Å². The van der Waals surface area contributed by atoms with Gasteiger partial charge in [-0.15, -0.1) is 11.4 Å². The van der Waals surface area contributed by atoms with Crippen molar-refractivity contribution in [2.24, 2.45) is 9.98 Å². The number of aromatic nitrogens is 2. The van der Waals surface area contributed by atoms with E-state index in [1.54, 1.807) is 63.0 Å². The van der Waals surface area contributed by atoms with Crippen LogP contribution in [0.5, 0.6) is 0 Å². The summed E-state index contributed by atoms with van der Waals surface area (Å²) in [7, 11) is 5.89. The molecule has 2 aromatic carbocycles. The van der Waals surface area contributed by atoms with Crippen LogP contribution >= 0.6 is 0 Å². The molecule has 0 amide bonds. The van der Waals surface area contributed by atoms with Crippen molar-refractivity contribution in [2.75, 3.05) is 28.4 Å². The average Bonchev–Trinajstić information content (AvgIpc) is 3.94. The van der Waals surface area contributed by atoms with Crippen molar-refractivity contribution in [3.63, 3.8) is 0 Å². The zero-order valence-electron chi connectivity index (χ0n) is 26.3. The minimum atomic E-state index is -0.363. The number of carbonyl (C=O) groups is 2. The Labute approximate surface area is 285 Å². The molecule has 4 aromatic rings. The molecule has 0 atom stereocenters. The Bertz CT molecular complexity index is 1740. The predicted molar refractivity (Wildman–Crippen MR) is 174 cm³/mol. The van der Waals surface area contributed by atoms with Crippen LogP contribution in [0.25, 0.3) is 11.1 Å². The van der Waals surface area contributed by atoms with Crippen molar-refractivity contribution >= 4 is 34.9 Å². The fourth-order valence-electron chi connectivity index (χ4n) is 4.73. The molecule has 2 aliphatic rings. The number of ether oxygens (including phenoxy) is 4. The maximum Gasteiger partial charge on any atom is 2.00 e. The first-order valence-electron chi connectivity index (χ1n) is 14.1. The molecule has 2 aromatic heterocycles. The number of aliphatic imine (C=N–C) groups is 2. The van der Waals surface area contributed by atoms with Gasteiger partial charge in [0.05, 0.1) is 51.0 Å². The third-order valence-electron chi connectivity index (χ3n) is 6.97. The average molecular weight is 680 g/mol. The molecule has 0 bridgehead atoms. The Morgan fingerprint density at radius 2 is 0.894 bits per heavy atom. The molecule has 0 unspecified atom stereocenters. The van der Waals surface area contributed by atoms with Gasteiger partial charge in [0.25, 0.3) is 0 Å². The molecule has 0 spiro atoms. The monoisotopic (exact) mass is 678 g/mol. The third kappa shape index (κ3) is 8.01. The number of benzene rings is 2. The summed E-state index contributed by atoms with van der Waals surface area (Å²) in [5.41, 5.74) is 7.77. The molecule has 0 saturated carbocycles. The SMILES string of the molecule is COC(=O)c1ccc(/C(=C2\C=CC(OC)=N2)c2ccc[n-]2)cc1.COC(=O)c1ccc(/C(=C2\C=CC(OC)=N2)c2ccc[n-]2)cc1.[Zn+2]. The number of hydrogen-bond acceptors (Lipinski definition) is 8. The van der Waals surface area contributed by atoms with Crippen LogP contribution in [-0.4, -0.2) is 52.2 Å². The van der Waals surface area contributed by atoms with Gasteiger partial charge in [-0.3, -0.25) is 0 Å². The molecular weight excluding hydrogens is 650 g/mol. The quantitative estimate of drug-likeness (QED) is 0.190. The van der Waals surface area contributed by atoms with Crippen molar-refractivity contribution in [1.82, 2.24) is 9.97 Å². The largest absolute Gasteiger partial charge is 2.00 e. The Balaban J connectivity index is 0.000000208. The summed E-state index contributed by atoms with van der Waals surface area (Å²) in [4.78, 5) is 40.8. The Kier molecular flexibility index (Phi) is 11.8. The minimum Gasteiger partial charge on any atom is -0.664 e. The van der Waals surface area contributed by atoms with Crippen molar-refractivity contribution in [3.05, 3.63) is 155 Å². The van der Waals surface area contributed by atoms with Crippen LogP contribution < -0.4 is 9.97 Å². The molecule has 0 radical (unpaired) electrons. The van der Waals surface area contributed by atoms with E-state index in [0.29, 0.717) is 22.9 Å². The van der Waals surface area contributed by atoms with Gasteiger partial charge in [0.15, 0.2) is 0 Å². The molecule has 0 saturated heterocycles. The van der Waals surface area contributed by atoms with Crippen LogP contribution in [0.1, 0.15) is 43.2 Å². The molecule has 4 heterocycles. The van der Waals surface area contributed by atoms with Crippen LogP contribution in [0.2, 0.25) is 0 Å². The van der Waals surface area contributed by atoms with E-state index in [0.717, 1.165) is 45.1 Å². The molecule has 6 rings (SSSR count). The summed E-state index contributed by atoms with van der Waals surface area (Å²) in [5.74, 6) is 0.376. The second-order valence-electron chi connectivity index (χ2n) is 9.68. The third-order valence-corrected chi connectivity index (χ3v) is 6.97. The number of nitrogens with zero attached hydrogens (tertiary/aromatic N) is 4. The topological polar surface area (TPSA) is 124 Å². The van der Waals surface area contributed by atoms with Crippen molar-refractivity contribution < 1.29 is 48.0 Å². The van der Waals surface area contributed by atoms with Gasteiger partial charge in [-0.2, -0.15) is 12.4 Å². The number of carbonyl (C=O) groups excluding carboxylic acids is 2. The van der Waals surface area contributed by atoms with Crippen LogP contribution in [0.15, 0.2) is 131 Å². The van der Waals surface area contributed by atoms with E-state index >= 15 is 0 Å². The summed E-state index contributed by atoms with van der Waals surface area (Å²) in [6.45, 7) is 0. The first-order valence-corrected chi connectivity index (χ1v) is 14.1. The number of allylic oxidation sites excluding steroid dienone is 2. The van der Waals surface area contributed by atoms with E-state index in [1.165, 1.54) is 14.2 Å². The van der Waals surface area contributed by atoms with Crippen molar-refractivity contribution in [3.8, 4) is 0 Å². The van der Waals surface area contributed by atoms with E-state index in [9.17, 15) is 9.59 Å². The number of rotatable bonds is 6. The second-order valence-corrected chi connectivity index (χ2v) is 9.68. The smallest absolute Gasteiger partial charge is 0.664 e. The molecule has 0 fully saturated rings. The van der Waals surface area contributed by atoms with Gasteiger partial charge >= 0.3 is 31.4 Å². The summed E-state index contributed by atoms with van der Waals surface area (Å²) in [5, 5.41) is 0. The van der Waals surface area contributed by atoms with Crippen LogP contribution in [-0.2, 0) is 38.4 Å². The van der Waals surface area contributed by atoms with Crippen molar-refractivity contribution in [2.45, 2.75) is 0 Å². The molecule has 2 aliphatic heterocycles. The summed E-state index contributed by atoms with van der Waals surface area (Å²) in [6.07, 6.45) is 10.9. The van der Waals surface area contributed by atoms with Crippen LogP contribution in [0.3, 0.4) is 0 Å². The van der Waals surface area contributed by atoms with Crippen LogP contribution in [0.4, 0.5) is 0 Å². The Morgan fingerprint density at radius 3 is 1.17 bits per heavy atom. The van der Waals surface area contributed by atoms with Gasteiger partial charge in [0, 0.05) is 12.2 Å². The summed E-state index contributed by atoms with van der Waals surface area (Å²) < 4.78 is 19.8. The maximum atomic E-state index is 11.6. The molecule has 232 valence electrons. The van der Waals surface area contributed by atoms with Gasteiger partial charge in [-0.25, -0.2) is 19.6 Å². The summed E-state index contributed by atoms with van der Waals surface area (Å²) >= 11 is 0. The second kappa shape index (κ2) is 16.2. The normalized spacial score (nSPS) is 15.0. The van der Waals surface area contributed by atoms with Gasteiger partial charge in [0.1, 0.15) is 0 Å².